The number of esters is 2. The number of benzene rings is 1. The van der Waals surface area contributed by atoms with E-state index in [1.807, 2.05) is 0 Å². The average molecular weight is 709 g/mol. The van der Waals surface area contributed by atoms with Crippen LogP contribution in [-0.4, -0.2) is 55.2 Å². The molecule has 0 spiro atoms. The number of ether oxygens (including phenoxy) is 3. The molecule has 7 heteroatoms. The van der Waals surface area contributed by atoms with Gasteiger partial charge in [-0.05, 0) is 162 Å². The highest BCUT2D eigenvalue weighted by Crippen LogP contribution is 2.47. The Kier molecular flexibility index (Phi) is 17.1. The third-order valence-corrected chi connectivity index (χ3v) is 12.4. The number of hydrogen-bond donors (Lipinski definition) is 2. The quantitative estimate of drug-likeness (QED) is 0.0840. The molecular formula is C44H68O7. The van der Waals surface area contributed by atoms with Crippen molar-refractivity contribution in [3.63, 3.8) is 0 Å². The van der Waals surface area contributed by atoms with E-state index in [9.17, 15) is 19.8 Å². The third-order valence-electron chi connectivity index (χ3n) is 12.4. The predicted octanol–water partition coefficient (Wildman–Crippen LogP) is 9.07. The number of rotatable bonds is 19. The number of aryl methyl sites for hydroxylation is 2. The number of aliphatic hydroxyl groups is 2. The van der Waals surface area contributed by atoms with Gasteiger partial charge in [0.1, 0.15) is 5.75 Å². The second-order valence-corrected chi connectivity index (χ2v) is 16.4. The Bertz CT molecular complexity index is 1200. The van der Waals surface area contributed by atoms with E-state index in [0.29, 0.717) is 69.0 Å². The van der Waals surface area contributed by atoms with Gasteiger partial charge in [0.25, 0.3) is 0 Å². The summed E-state index contributed by atoms with van der Waals surface area (Å²) in [6.45, 7) is 13.9. The smallest absolute Gasteiger partial charge is 0.333 e. The van der Waals surface area contributed by atoms with E-state index in [4.69, 9.17) is 14.2 Å². The van der Waals surface area contributed by atoms with Crippen LogP contribution in [0.25, 0.3) is 0 Å². The van der Waals surface area contributed by atoms with Gasteiger partial charge in [0.2, 0.25) is 0 Å². The van der Waals surface area contributed by atoms with Gasteiger partial charge in [0.15, 0.2) is 0 Å². The van der Waals surface area contributed by atoms with Gasteiger partial charge in [-0.1, -0.05) is 45.1 Å². The van der Waals surface area contributed by atoms with Gasteiger partial charge in [-0.2, -0.15) is 0 Å². The Morgan fingerprint density at radius 3 is 1.51 bits per heavy atom. The lowest BCUT2D eigenvalue weighted by Gasteiger charge is -2.41. The van der Waals surface area contributed by atoms with Crippen molar-refractivity contribution in [2.24, 2.45) is 35.5 Å². The van der Waals surface area contributed by atoms with Gasteiger partial charge in [-0.25, -0.2) is 9.59 Å². The summed E-state index contributed by atoms with van der Waals surface area (Å²) in [5.74, 6) is 4.93. The van der Waals surface area contributed by atoms with Crippen molar-refractivity contribution in [2.75, 3.05) is 33.0 Å². The van der Waals surface area contributed by atoms with E-state index in [0.717, 1.165) is 46.5 Å². The monoisotopic (exact) mass is 708 g/mol. The minimum atomic E-state index is -0.377. The largest absolute Gasteiger partial charge is 0.493 e. The fraction of sp³-hybridized carbons (Fsp3) is 0.727. The normalized spacial score (nSPS) is 25.3. The first kappa shape index (κ1) is 41.1. The van der Waals surface area contributed by atoms with Crippen molar-refractivity contribution in [3.05, 3.63) is 53.1 Å². The van der Waals surface area contributed by atoms with E-state index >= 15 is 0 Å². The topological polar surface area (TPSA) is 102 Å². The van der Waals surface area contributed by atoms with Crippen LogP contribution < -0.4 is 4.74 Å². The van der Waals surface area contributed by atoms with Crippen LogP contribution in [-0.2, 0) is 31.9 Å². The van der Waals surface area contributed by atoms with Crippen molar-refractivity contribution >= 4 is 11.9 Å². The van der Waals surface area contributed by atoms with E-state index in [2.05, 4.69) is 32.2 Å². The molecule has 3 aliphatic rings. The fourth-order valence-corrected chi connectivity index (χ4v) is 9.01. The molecule has 1 aromatic carbocycles. The van der Waals surface area contributed by atoms with Gasteiger partial charge in [0, 0.05) is 30.3 Å². The molecule has 3 aliphatic carbocycles. The highest BCUT2D eigenvalue weighted by atomic mass is 16.5. The zero-order valence-electron chi connectivity index (χ0n) is 32.1. The standard InChI is InChI=1S/C44H68O7/c1-30(2)43(47)50-23-6-8-39-26-41(27-40(9-7-24-51-44(48)31(3)4)42(39)49-25-22-33(28-45)29-46)38-20-18-37(19-21-38)36-16-14-35(15-17-36)34-12-10-32(5)11-13-34/h26-27,32-38,45-46H,1,3,6-25,28-29H2,2,4-5H3. The van der Waals surface area contributed by atoms with Crippen LogP contribution in [0.2, 0.25) is 0 Å². The van der Waals surface area contributed by atoms with Gasteiger partial charge in [-0.15, -0.1) is 0 Å². The first-order valence-corrected chi connectivity index (χ1v) is 20.2. The Morgan fingerprint density at radius 1 is 0.686 bits per heavy atom. The highest BCUT2D eigenvalue weighted by Gasteiger charge is 2.35. The van der Waals surface area contributed by atoms with Crippen LogP contribution in [0.1, 0.15) is 140 Å². The van der Waals surface area contributed by atoms with E-state index in [1.54, 1.807) is 13.8 Å². The lowest BCUT2D eigenvalue weighted by Crippen LogP contribution is -2.29. The Morgan fingerprint density at radius 2 is 1.10 bits per heavy atom. The van der Waals surface area contributed by atoms with Crippen molar-refractivity contribution in [3.8, 4) is 5.75 Å². The summed E-state index contributed by atoms with van der Waals surface area (Å²) in [5.41, 5.74) is 4.31. The Balaban J connectivity index is 1.45. The van der Waals surface area contributed by atoms with Crippen molar-refractivity contribution in [1.82, 2.24) is 0 Å². The maximum absolute atomic E-state index is 12.0. The first-order valence-electron chi connectivity index (χ1n) is 20.2. The number of aliphatic hydroxyl groups excluding tert-OH is 2. The molecule has 0 aromatic heterocycles. The minimum absolute atomic E-state index is 0.0926. The molecule has 1 aromatic rings. The maximum Gasteiger partial charge on any atom is 0.333 e. The molecule has 0 saturated heterocycles. The van der Waals surface area contributed by atoms with E-state index < -0.39 is 0 Å². The minimum Gasteiger partial charge on any atom is -0.493 e. The Labute approximate surface area is 308 Å². The summed E-state index contributed by atoms with van der Waals surface area (Å²) in [6.07, 6.45) is 19.7. The summed E-state index contributed by atoms with van der Waals surface area (Å²) >= 11 is 0. The molecule has 0 heterocycles. The van der Waals surface area contributed by atoms with Crippen LogP contribution in [0.5, 0.6) is 5.75 Å². The molecule has 7 nitrogen and oxygen atoms in total. The molecule has 4 rings (SSSR count). The van der Waals surface area contributed by atoms with E-state index in [-0.39, 0.29) is 31.1 Å². The van der Waals surface area contributed by atoms with Crippen molar-refractivity contribution in [2.45, 2.75) is 136 Å². The maximum atomic E-state index is 12.0. The highest BCUT2D eigenvalue weighted by molar-refractivity contribution is 5.87. The third kappa shape index (κ3) is 12.8. The molecule has 3 saturated carbocycles. The van der Waals surface area contributed by atoms with Gasteiger partial charge >= 0.3 is 11.9 Å². The van der Waals surface area contributed by atoms with Crippen LogP contribution in [0, 0.1) is 35.5 Å². The van der Waals surface area contributed by atoms with Crippen molar-refractivity contribution in [1.29, 1.82) is 0 Å². The van der Waals surface area contributed by atoms with Crippen LogP contribution in [0.4, 0.5) is 0 Å². The summed E-state index contributed by atoms with van der Waals surface area (Å²) in [6, 6.07) is 4.63. The Hall–Kier alpha value is -2.64. The predicted molar refractivity (Wildman–Crippen MR) is 204 cm³/mol. The van der Waals surface area contributed by atoms with Crippen LogP contribution >= 0.6 is 0 Å². The number of carbonyl (C=O) groups excluding carboxylic acids is 2. The van der Waals surface area contributed by atoms with Crippen LogP contribution in [0.3, 0.4) is 0 Å². The van der Waals surface area contributed by atoms with Gasteiger partial charge < -0.3 is 24.4 Å². The molecule has 0 atom stereocenters. The van der Waals surface area contributed by atoms with Crippen LogP contribution in [0.15, 0.2) is 36.4 Å². The summed E-state index contributed by atoms with van der Waals surface area (Å²) < 4.78 is 17.3. The molecular weight excluding hydrogens is 640 g/mol. The molecule has 0 unspecified atom stereocenters. The summed E-state index contributed by atoms with van der Waals surface area (Å²) in [5, 5.41) is 19.3. The average Bonchev–Trinajstić information content (AvgIpc) is 3.14. The molecule has 3 fully saturated rings. The second kappa shape index (κ2) is 21.2. The molecule has 0 radical (unpaired) electrons. The van der Waals surface area contributed by atoms with Gasteiger partial charge in [-0.3, -0.25) is 0 Å². The number of hydrogen-bond acceptors (Lipinski definition) is 7. The molecule has 51 heavy (non-hydrogen) atoms. The lowest BCUT2D eigenvalue weighted by atomic mass is 9.64. The van der Waals surface area contributed by atoms with E-state index in [1.165, 1.54) is 82.6 Å². The molecule has 286 valence electrons. The first-order chi connectivity index (χ1) is 24.6. The fourth-order valence-electron chi connectivity index (χ4n) is 9.01. The lowest BCUT2D eigenvalue weighted by molar-refractivity contribution is -0.139. The van der Waals surface area contributed by atoms with Crippen molar-refractivity contribution < 1.29 is 34.0 Å². The second-order valence-electron chi connectivity index (χ2n) is 16.4. The number of carbonyl (C=O) groups is 2. The SMILES string of the molecule is C=C(C)C(=O)OCCCc1cc(C2CCC(C3CCC(C4CCC(C)CC4)CC3)CC2)cc(CCCOC(=O)C(=C)C)c1OCCC(CO)CO. The molecule has 0 aliphatic heterocycles. The van der Waals surface area contributed by atoms with Gasteiger partial charge in [0.05, 0.1) is 19.8 Å². The zero-order valence-corrected chi connectivity index (χ0v) is 32.1. The zero-order chi connectivity index (χ0) is 36.8. The molecule has 2 N–H and O–H groups in total. The summed E-state index contributed by atoms with van der Waals surface area (Å²) in [7, 11) is 0. The molecule has 0 amide bonds. The molecule has 0 bridgehead atoms. The summed E-state index contributed by atoms with van der Waals surface area (Å²) in [4.78, 5) is 24.1.